The summed E-state index contributed by atoms with van der Waals surface area (Å²) in [5.41, 5.74) is 0. The lowest BCUT2D eigenvalue weighted by Gasteiger charge is -1.70. The topological polar surface area (TPSA) is 64.2 Å². The first-order chi connectivity index (χ1) is 4.74. The lowest BCUT2D eigenvalue weighted by atomic mass is 10.8. The second-order valence-corrected chi connectivity index (χ2v) is 1.08. The Balaban J connectivity index is -0.0000000750. The van der Waals surface area contributed by atoms with E-state index in [-0.39, 0.29) is 13.2 Å². The van der Waals surface area contributed by atoms with E-state index in [9.17, 15) is 0 Å². The van der Waals surface area contributed by atoms with Gasteiger partial charge in [0.15, 0.2) is 0 Å². The van der Waals surface area contributed by atoms with Crippen LogP contribution in [0.15, 0.2) is 12.7 Å². The van der Waals surface area contributed by atoms with Crippen molar-refractivity contribution in [3.63, 3.8) is 0 Å². The summed E-state index contributed by atoms with van der Waals surface area (Å²) < 4.78 is 0. The summed E-state index contributed by atoms with van der Waals surface area (Å²) in [4.78, 5) is 0. The average Bonchev–Trinajstić information content (AvgIpc) is 1.91. The van der Waals surface area contributed by atoms with Crippen LogP contribution in [-0.2, 0) is 0 Å². The molecule has 0 aromatic rings. The molecule has 3 heteroatoms. The van der Waals surface area contributed by atoms with Crippen LogP contribution in [0.2, 0.25) is 0 Å². The molecule has 3 nitrogen and oxygen atoms in total. The Morgan fingerprint density at radius 2 is 1.60 bits per heavy atom. The van der Waals surface area contributed by atoms with E-state index in [0.717, 1.165) is 0 Å². The van der Waals surface area contributed by atoms with Gasteiger partial charge in [0, 0.05) is 6.92 Å². The Kier molecular flexibility index (Phi) is 67.5. The van der Waals surface area contributed by atoms with E-state index >= 15 is 0 Å². The smallest absolute Gasteiger partial charge is 0.0662 e. The molecule has 0 saturated heterocycles. The van der Waals surface area contributed by atoms with Crippen molar-refractivity contribution < 1.29 is 10.2 Å². The van der Waals surface area contributed by atoms with E-state index in [4.69, 9.17) is 15.5 Å². The monoisotopic (exact) mass is 145 g/mol. The Morgan fingerprint density at radius 1 is 1.50 bits per heavy atom. The molecule has 0 rings (SSSR count). The molecule has 0 aliphatic carbocycles. The number of hydrogen-bond acceptors (Lipinski definition) is 3. The Hall–Kier alpha value is -0.850. The first kappa shape index (κ1) is 16.1. The molecule has 0 saturated carbocycles. The van der Waals surface area contributed by atoms with Gasteiger partial charge >= 0.3 is 0 Å². The fraction of sp³-hybridized carbons (Fsp3) is 0.571. The molecule has 0 bridgehead atoms. The lowest BCUT2D eigenvalue weighted by Crippen LogP contribution is -1.85. The zero-order valence-electron chi connectivity index (χ0n) is 6.54. The highest BCUT2D eigenvalue weighted by molar-refractivity contribution is 4.51. The second kappa shape index (κ2) is 42.0. The van der Waals surface area contributed by atoms with Gasteiger partial charge in [-0.15, -0.1) is 6.58 Å². The summed E-state index contributed by atoms with van der Waals surface area (Å²) in [7, 11) is 0. The van der Waals surface area contributed by atoms with Gasteiger partial charge in [0.05, 0.1) is 19.3 Å². The maximum atomic E-state index is 7.62. The molecule has 0 unspecified atom stereocenters. The molecule has 60 valence electrons. The summed E-state index contributed by atoms with van der Waals surface area (Å²) in [6.45, 7) is 6.43. The van der Waals surface area contributed by atoms with E-state index < -0.39 is 0 Å². The van der Waals surface area contributed by atoms with Crippen molar-refractivity contribution in [1.29, 1.82) is 5.26 Å². The third kappa shape index (κ3) is 12000. The number of allylic oxidation sites excluding steroid dienone is 1. The van der Waals surface area contributed by atoms with Crippen LogP contribution < -0.4 is 0 Å². The quantitative estimate of drug-likeness (QED) is 0.534. The third-order valence-corrected chi connectivity index (χ3v) is 0.1000. The average molecular weight is 145 g/mol. The lowest BCUT2D eigenvalue weighted by molar-refractivity contribution is 0.186. The Bertz CT molecular complexity index is 74.2. The largest absolute Gasteiger partial charge is 0.394 e. The van der Waals surface area contributed by atoms with Crippen LogP contribution >= 0.6 is 0 Å². The second-order valence-electron chi connectivity index (χ2n) is 1.08. The van der Waals surface area contributed by atoms with Gasteiger partial charge < -0.3 is 10.2 Å². The highest BCUT2D eigenvalue weighted by Crippen LogP contribution is 1.39. The normalized spacial score (nSPS) is 5.10. The fourth-order valence-electron chi connectivity index (χ4n) is 0. The highest BCUT2D eigenvalue weighted by Gasteiger charge is 1.58. The molecule has 0 amide bonds. The molecule has 0 radical (unpaired) electrons. The zero-order chi connectivity index (χ0) is 8.83. The predicted octanol–water partition coefficient (Wildman–Crippen LogP) is 0.693. The van der Waals surface area contributed by atoms with Gasteiger partial charge in [-0.05, 0) is 6.92 Å². The molecule has 0 atom stereocenters. The molecule has 0 aliphatic heterocycles. The van der Waals surface area contributed by atoms with Crippen molar-refractivity contribution >= 4 is 0 Å². The van der Waals surface area contributed by atoms with E-state index in [2.05, 4.69) is 6.58 Å². The van der Waals surface area contributed by atoms with Crippen molar-refractivity contribution in [3.8, 4) is 6.07 Å². The Morgan fingerprint density at radius 3 is 1.60 bits per heavy atom. The maximum absolute atomic E-state index is 7.62. The fourth-order valence-corrected chi connectivity index (χ4v) is 0. The standard InChI is InChI=1S/C3H6.C2H3N.C2H6O2/c1-3-2;1-2-3;3-1-2-4/h3H,1H2,2H3;1H3;3-4H,1-2H2. The van der Waals surface area contributed by atoms with Crippen LogP contribution in [0.4, 0.5) is 0 Å². The molecule has 0 aliphatic rings. The van der Waals surface area contributed by atoms with Crippen molar-refractivity contribution in [2.24, 2.45) is 0 Å². The molecule has 10 heavy (non-hydrogen) atoms. The molecule has 0 fully saturated rings. The van der Waals surface area contributed by atoms with Crippen LogP contribution in [0.1, 0.15) is 13.8 Å². The summed E-state index contributed by atoms with van der Waals surface area (Å²) in [6, 6.07) is 1.75. The van der Waals surface area contributed by atoms with Gasteiger partial charge in [-0.25, -0.2) is 0 Å². The van der Waals surface area contributed by atoms with Crippen LogP contribution in [0.3, 0.4) is 0 Å². The predicted molar refractivity (Wildman–Crippen MR) is 41.3 cm³/mol. The number of aliphatic hydroxyl groups excluding tert-OH is 2. The van der Waals surface area contributed by atoms with E-state index in [1.807, 2.05) is 6.92 Å². The van der Waals surface area contributed by atoms with Gasteiger partial charge in [-0.2, -0.15) is 5.26 Å². The first-order valence-electron chi connectivity index (χ1n) is 2.84. The summed E-state index contributed by atoms with van der Waals surface area (Å²) in [6.07, 6.45) is 1.75. The van der Waals surface area contributed by atoms with Gasteiger partial charge in [0.25, 0.3) is 0 Å². The van der Waals surface area contributed by atoms with Gasteiger partial charge in [-0.1, -0.05) is 6.08 Å². The summed E-state index contributed by atoms with van der Waals surface area (Å²) >= 11 is 0. The molecular formula is C7H15NO2. The van der Waals surface area contributed by atoms with Gasteiger partial charge in [0.2, 0.25) is 0 Å². The number of rotatable bonds is 1. The minimum atomic E-state index is -0.125. The summed E-state index contributed by atoms with van der Waals surface area (Å²) in [5.74, 6) is 0. The van der Waals surface area contributed by atoms with Gasteiger partial charge in [0.1, 0.15) is 0 Å². The minimum absolute atomic E-state index is 0.125. The van der Waals surface area contributed by atoms with Crippen LogP contribution in [0, 0.1) is 11.3 Å². The number of nitrogens with zero attached hydrogens (tertiary/aromatic N) is 1. The Labute approximate surface area is 62.2 Å². The van der Waals surface area contributed by atoms with Crippen molar-refractivity contribution in [3.05, 3.63) is 12.7 Å². The number of hydrogen-bond donors (Lipinski definition) is 2. The van der Waals surface area contributed by atoms with E-state index in [1.54, 1.807) is 12.1 Å². The highest BCUT2D eigenvalue weighted by atomic mass is 16.3. The van der Waals surface area contributed by atoms with Crippen molar-refractivity contribution in [2.75, 3.05) is 13.2 Å². The summed E-state index contributed by atoms with van der Waals surface area (Å²) in [5, 5.41) is 22.6. The SMILES string of the molecule is C=CC.CC#N.OCCO. The molecular weight excluding hydrogens is 130 g/mol. The molecule has 0 heterocycles. The van der Waals surface area contributed by atoms with Crippen LogP contribution in [0.25, 0.3) is 0 Å². The van der Waals surface area contributed by atoms with Crippen molar-refractivity contribution in [2.45, 2.75) is 13.8 Å². The minimum Gasteiger partial charge on any atom is -0.394 e. The van der Waals surface area contributed by atoms with Crippen molar-refractivity contribution in [1.82, 2.24) is 0 Å². The maximum Gasteiger partial charge on any atom is 0.0662 e. The third-order valence-electron chi connectivity index (χ3n) is 0.1000. The first-order valence-corrected chi connectivity index (χ1v) is 2.84. The van der Waals surface area contributed by atoms with Gasteiger partial charge in [-0.3, -0.25) is 0 Å². The number of aliphatic hydroxyl groups is 2. The van der Waals surface area contributed by atoms with Crippen LogP contribution in [0.5, 0.6) is 0 Å². The molecule has 2 N–H and O–H groups in total. The van der Waals surface area contributed by atoms with Crippen LogP contribution in [-0.4, -0.2) is 23.4 Å². The zero-order valence-corrected chi connectivity index (χ0v) is 6.54. The van der Waals surface area contributed by atoms with E-state index in [1.165, 1.54) is 6.92 Å². The molecule has 0 aromatic carbocycles. The van der Waals surface area contributed by atoms with E-state index in [0.29, 0.717) is 0 Å². The molecule has 0 spiro atoms. The molecule has 0 aromatic heterocycles. The number of nitriles is 1.